The number of hydrogen-bond acceptors (Lipinski definition) is 5. The van der Waals surface area contributed by atoms with E-state index in [1.54, 1.807) is 30.0 Å². The lowest BCUT2D eigenvalue weighted by Crippen LogP contribution is -2.52. The van der Waals surface area contributed by atoms with E-state index in [0.717, 1.165) is 16.8 Å². The fraction of sp³-hybridized carbons (Fsp3) is 0.435. The maximum Gasteiger partial charge on any atom is 0.247 e. The molecule has 174 valence electrons. The number of sulfonamides is 1. The molecule has 0 unspecified atom stereocenters. The standard InChI is InChI=1S/C23H30ClN3O4S/c1-5-27(32(29,30)22-14-17(2)6-9-21(22)31-4)16-23(28)26-12-10-25(11-13-26)20-15-19(24)8-7-18(20)3/h6-9,14-15H,5,10-13,16H2,1-4H3. The molecular weight excluding hydrogens is 450 g/mol. The Morgan fingerprint density at radius 1 is 1.09 bits per heavy atom. The molecule has 2 aromatic rings. The molecule has 0 N–H and O–H groups in total. The van der Waals surface area contributed by atoms with Crippen molar-refractivity contribution in [3.63, 3.8) is 0 Å². The molecule has 1 aliphatic heterocycles. The second-order valence-corrected chi connectivity index (χ2v) is 10.2. The number of hydrogen-bond donors (Lipinski definition) is 0. The molecule has 1 saturated heterocycles. The number of nitrogens with zero attached hydrogens (tertiary/aromatic N) is 3. The Bertz CT molecular complexity index is 1080. The summed E-state index contributed by atoms with van der Waals surface area (Å²) < 4.78 is 33.0. The highest BCUT2D eigenvalue weighted by Gasteiger charge is 2.31. The molecule has 1 amide bonds. The Morgan fingerprint density at radius 2 is 1.78 bits per heavy atom. The molecule has 0 bridgehead atoms. The number of rotatable bonds is 7. The molecule has 0 spiro atoms. The van der Waals surface area contributed by atoms with E-state index in [4.69, 9.17) is 16.3 Å². The van der Waals surface area contributed by atoms with Crippen molar-refractivity contribution in [2.75, 3.05) is 51.3 Å². The van der Waals surface area contributed by atoms with Crippen LogP contribution < -0.4 is 9.64 Å². The molecular formula is C23H30ClN3O4S. The third-order valence-corrected chi connectivity index (χ3v) is 7.92. The minimum atomic E-state index is -3.88. The van der Waals surface area contributed by atoms with Gasteiger partial charge in [-0.15, -0.1) is 0 Å². The predicted octanol–water partition coefficient (Wildman–Crippen LogP) is 3.32. The van der Waals surface area contributed by atoms with Crippen LogP contribution in [-0.4, -0.2) is 69.9 Å². The van der Waals surface area contributed by atoms with Crippen molar-refractivity contribution in [2.24, 2.45) is 0 Å². The number of carbonyl (C=O) groups excluding carboxylic acids is 1. The van der Waals surface area contributed by atoms with Gasteiger partial charge in [0.1, 0.15) is 10.6 Å². The van der Waals surface area contributed by atoms with Gasteiger partial charge in [0.25, 0.3) is 0 Å². The predicted molar refractivity (Wildman–Crippen MR) is 127 cm³/mol. The van der Waals surface area contributed by atoms with Crippen molar-refractivity contribution in [2.45, 2.75) is 25.7 Å². The molecule has 0 aromatic heterocycles. The van der Waals surface area contributed by atoms with Gasteiger partial charge in [-0.1, -0.05) is 30.7 Å². The lowest BCUT2D eigenvalue weighted by molar-refractivity contribution is -0.131. The first-order valence-corrected chi connectivity index (χ1v) is 12.4. The molecule has 0 saturated carbocycles. The zero-order valence-corrected chi connectivity index (χ0v) is 20.5. The molecule has 1 aliphatic rings. The average Bonchev–Trinajstić information content (AvgIpc) is 2.78. The van der Waals surface area contributed by atoms with Crippen LogP contribution in [0.5, 0.6) is 5.75 Å². The van der Waals surface area contributed by atoms with Crippen LogP contribution in [0.15, 0.2) is 41.3 Å². The van der Waals surface area contributed by atoms with E-state index < -0.39 is 10.0 Å². The van der Waals surface area contributed by atoms with Crippen LogP contribution in [0.4, 0.5) is 5.69 Å². The summed E-state index contributed by atoms with van der Waals surface area (Å²) in [5.41, 5.74) is 3.00. The summed E-state index contributed by atoms with van der Waals surface area (Å²) in [5, 5.41) is 0.680. The van der Waals surface area contributed by atoms with Gasteiger partial charge >= 0.3 is 0 Å². The van der Waals surface area contributed by atoms with Crippen LogP contribution in [-0.2, 0) is 14.8 Å². The summed E-state index contributed by atoms with van der Waals surface area (Å²) in [7, 11) is -2.44. The monoisotopic (exact) mass is 479 g/mol. The highest BCUT2D eigenvalue weighted by atomic mass is 35.5. The van der Waals surface area contributed by atoms with Gasteiger partial charge in [-0.25, -0.2) is 8.42 Å². The molecule has 1 heterocycles. The molecule has 7 nitrogen and oxygen atoms in total. The van der Waals surface area contributed by atoms with E-state index in [2.05, 4.69) is 4.90 Å². The first-order chi connectivity index (χ1) is 15.2. The van der Waals surface area contributed by atoms with Crippen LogP contribution in [0.3, 0.4) is 0 Å². The van der Waals surface area contributed by atoms with Crippen molar-refractivity contribution in [1.82, 2.24) is 9.21 Å². The molecule has 1 fully saturated rings. The Kier molecular flexibility index (Phi) is 7.69. The van der Waals surface area contributed by atoms with Crippen LogP contribution >= 0.6 is 11.6 Å². The van der Waals surface area contributed by atoms with Gasteiger partial charge in [-0.05, 0) is 49.2 Å². The molecule has 3 rings (SSSR count). The summed E-state index contributed by atoms with van der Waals surface area (Å²) in [6.07, 6.45) is 0. The second kappa shape index (κ2) is 10.1. The normalized spacial score (nSPS) is 14.7. The molecule has 0 radical (unpaired) electrons. The van der Waals surface area contributed by atoms with Gasteiger partial charge in [-0.3, -0.25) is 4.79 Å². The number of anilines is 1. The highest BCUT2D eigenvalue weighted by molar-refractivity contribution is 7.89. The van der Waals surface area contributed by atoms with Gasteiger partial charge in [0.15, 0.2) is 0 Å². The highest BCUT2D eigenvalue weighted by Crippen LogP contribution is 2.28. The largest absolute Gasteiger partial charge is 0.495 e. The smallest absolute Gasteiger partial charge is 0.247 e. The first kappa shape index (κ1) is 24.4. The van der Waals surface area contributed by atoms with Crippen LogP contribution in [0, 0.1) is 13.8 Å². The average molecular weight is 480 g/mol. The number of amides is 1. The molecule has 32 heavy (non-hydrogen) atoms. The summed E-state index contributed by atoms with van der Waals surface area (Å²) in [4.78, 5) is 17.0. The van der Waals surface area contributed by atoms with E-state index in [0.29, 0.717) is 31.2 Å². The number of likely N-dealkylation sites (N-methyl/N-ethyl adjacent to an activating group) is 1. The number of methoxy groups -OCH3 is 1. The number of piperazine rings is 1. The van der Waals surface area contributed by atoms with E-state index in [1.807, 2.05) is 32.0 Å². The quantitative estimate of drug-likeness (QED) is 0.609. The van der Waals surface area contributed by atoms with E-state index in [1.165, 1.54) is 11.4 Å². The number of aryl methyl sites for hydroxylation is 2. The Labute approximate surface area is 195 Å². The zero-order valence-electron chi connectivity index (χ0n) is 19.0. The number of halogens is 1. The summed E-state index contributed by atoms with van der Waals surface area (Å²) in [5.74, 6) is 0.0662. The molecule has 0 aliphatic carbocycles. The third-order valence-electron chi connectivity index (χ3n) is 5.75. The summed E-state index contributed by atoms with van der Waals surface area (Å²) >= 11 is 6.15. The van der Waals surface area contributed by atoms with Gasteiger partial charge in [0, 0.05) is 43.4 Å². The number of ether oxygens (including phenoxy) is 1. The lowest BCUT2D eigenvalue weighted by Gasteiger charge is -2.37. The summed E-state index contributed by atoms with van der Waals surface area (Å²) in [6.45, 7) is 7.95. The third kappa shape index (κ3) is 5.19. The maximum atomic E-state index is 13.3. The Morgan fingerprint density at radius 3 is 2.41 bits per heavy atom. The van der Waals surface area contributed by atoms with E-state index in [9.17, 15) is 13.2 Å². The fourth-order valence-corrected chi connectivity index (χ4v) is 5.67. The van der Waals surface area contributed by atoms with Crippen molar-refractivity contribution in [3.05, 3.63) is 52.5 Å². The molecule has 0 atom stereocenters. The fourth-order valence-electron chi connectivity index (χ4n) is 3.86. The Balaban J connectivity index is 1.70. The van der Waals surface area contributed by atoms with Gasteiger partial charge in [0.05, 0.1) is 13.7 Å². The van der Waals surface area contributed by atoms with Crippen molar-refractivity contribution in [3.8, 4) is 5.75 Å². The topological polar surface area (TPSA) is 70.2 Å². The second-order valence-electron chi connectivity index (χ2n) is 7.88. The van der Waals surface area contributed by atoms with Gasteiger partial charge in [0.2, 0.25) is 15.9 Å². The SMILES string of the molecule is CCN(CC(=O)N1CCN(c2cc(Cl)ccc2C)CC1)S(=O)(=O)c1cc(C)ccc1OC. The number of carbonyl (C=O) groups is 1. The zero-order chi connectivity index (χ0) is 23.5. The van der Waals surface area contributed by atoms with Crippen LogP contribution in [0.25, 0.3) is 0 Å². The Hall–Kier alpha value is -2.29. The molecule has 9 heteroatoms. The van der Waals surface area contributed by atoms with Crippen LogP contribution in [0.1, 0.15) is 18.1 Å². The lowest BCUT2D eigenvalue weighted by atomic mass is 10.1. The van der Waals surface area contributed by atoms with E-state index >= 15 is 0 Å². The van der Waals surface area contributed by atoms with Crippen molar-refractivity contribution < 1.29 is 17.9 Å². The van der Waals surface area contributed by atoms with Gasteiger partial charge in [-0.2, -0.15) is 4.31 Å². The minimum absolute atomic E-state index is 0.0795. The van der Waals surface area contributed by atoms with Crippen molar-refractivity contribution >= 4 is 33.2 Å². The van der Waals surface area contributed by atoms with Crippen LogP contribution in [0.2, 0.25) is 5.02 Å². The van der Waals surface area contributed by atoms with Gasteiger partial charge < -0.3 is 14.5 Å². The van der Waals surface area contributed by atoms with E-state index in [-0.39, 0.29) is 29.6 Å². The summed E-state index contributed by atoms with van der Waals surface area (Å²) in [6, 6.07) is 10.8. The minimum Gasteiger partial charge on any atom is -0.495 e. The van der Waals surface area contributed by atoms with Crippen molar-refractivity contribution in [1.29, 1.82) is 0 Å². The number of benzene rings is 2. The molecule has 2 aromatic carbocycles. The first-order valence-electron chi connectivity index (χ1n) is 10.6. The maximum absolute atomic E-state index is 13.3.